The molecule has 0 fully saturated rings. The van der Waals surface area contributed by atoms with Gasteiger partial charge >= 0.3 is 12.1 Å². The SMILES string of the molecule is CC(C)C(CC(=O)NCCC(=O)O)NC(=O)OCC1c2ccccc2-c2ccccc21. The molecule has 31 heavy (non-hydrogen) atoms. The van der Waals surface area contributed by atoms with Crippen LogP contribution in [0.2, 0.25) is 0 Å². The van der Waals surface area contributed by atoms with E-state index in [2.05, 4.69) is 34.9 Å². The number of nitrogens with one attached hydrogen (secondary N) is 2. The van der Waals surface area contributed by atoms with E-state index in [1.54, 1.807) is 0 Å². The maximum absolute atomic E-state index is 12.5. The molecule has 0 radical (unpaired) electrons. The van der Waals surface area contributed by atoms with Crippen molar-refractivity contribution in [2.24, 2.45) is 5.92 Å². The van der Waals surface area contributed by atoms with Crippen molar-refractivity contribution in [2.45, 2.75) is 38.6 Å². The lowest BCUT2D eigenvalue weighted by Crippen LogP contribution is -2.43. The number of hydrogen-bond acceptors (Lipinski definition) is 4. The lowest BCUT2D eigenvalue weighted by Gasteiger charge is -2.22. The first-order chi connectivity index (χ1) is 14.9. The fourth-order valence-electron chi connectivity index (χ4n) is 3.83. The van der Waals surface area contributed by atoms with Gasteiger partial charge in [-0.2, -0.15) is 0 Å². The van der Waals surface area contributed by atoms with Crippen molar-refractivity contribution in [3.05, 3.63) is 59.7 Å². The fourth-order valence-corrected chi connectivity index (χ4v) is 3.83. The number of rotatable bonds is 9. The minimum Gasteiger partial charge on any atom is -0.481 e. The van der Waals surface area contributed by atoms with E-state index >= 15 is 0 Å². The summed E-state index contributed by atoms with van der Waals surface area (Å²) < 4.78 is 5.56. The van der Waals surface area contributed by atoms with Gasteiger partial charge in [0.1, 0.15) is 6.61 Å². The van der Waals surface area contributed by atoms with Crippen LogP contribution in [0.1, 0.15) is 43.7 Å². The summed E-state index contributed by atoms with van der Waals surface area (Å²) in [6.45, 7) is 4.07. The number of fused-ring (bicyclic) bond motifs is 3. The van der Waals surface area contributed by atoms with Gasteiger partial charge in [-0.05, 0) is 28.2 Å². The van der Waals surface area contributed by atoms with Crippen LogP contribution in [0, 0.1) is 5.92 Å². The van der Waals surface area contributed by atoms with E-state index in [4.69, 9.17) is 9.84 Å². The molecule has 0 aliphatic heterocycles. The van der Waals surface area contributed by atoms with Crippen molar-refractivity contribution in [3.8, 4) is 11.1 Å². The Bertz CT molecular complexity index is 911. The van der Waals surface area contributed by atoms with Gasteiger partial charge in [0.05, 0.1) is 6.42 Å². The van der Waals surface area contributed by atoms with Crippen LogP contribution >= 0.6 is 0 Å². The smallest absolute Gasteiger partial charge is 0.407 e. The van der Waals surface area contributed by atoms with Gasteiger partial charge in [0.15, 0.2) is 0 Å². The van der Waals surface area contributed by atoms with Gasteiger partial charge in [-0.25, -0.2) is 4.79 Å². The highest BCUT2D eigenvalue weighted by atomic mass is 16.5. The van der Waals surface area contributed by atoms with Gasteiger partial charge in [-0.15, -0.1) is 0 Å². The van der Waals surface area contributed by atoms with Crippen molar-refractivity contribution in [1.29, 1.82) is 0 Å². The van der Waals surface area contributed by atoms with Gasteiger partial charge in [0.25, 0.3) is 0 Å². The summed E-state index contributed by atoms with van der Waals surface area (Å²) in [4.78, 5) is 35.1. The highest BCUT2D eigenvalue weighted by molar-refractivity contribution is 5.80. The number of hydrogen-bond donors (Lipinski definition) is 3. The van der Waals surface area contributed by atoms with Gasteiger partial charge in [0, 0.05) is 24.9 Å². The molecular formula is C24H28N2O5. The molecule has 1 unspecified atom stereocenters. The number of aliphatic carboxylic acids is 1. The highest BCUT2D eigenvalue weighted by Gasteiger charge is 2.29. The fraction of sp³-hybridized carbons (Fsp3) is 0.375. The average Bonchev–Trinajstić information content (AvgIpc) is 3.05. The number of carboxylic acids is 1. The van der Waals surface area contributed by atoms with Crippen molar-refractivity contribution < 1.29 is 24.2 Å². The Balaban J connectivity index is 1.57. The Morgan fingerprint density at radius 1 is 1.00 bits per heavy atom. The molecule has 1 atom stereocenters. The van der Waals surface area contributed by atoms with Crippen LogP contribution in [-0.2, 0) is 14.3 Å². The first kappa shape index (κ1) is 22.3. The predicted molar refractivity (Wildman–Crippen MR) is 117 cm³/mol. The lowest BCUT2D eigenvalue weighted by atomic mass is 9.98. The number of carbonyl (C=O) groups is 3. The summed E-state index contributed by atoms with van der Waals surface area (Å²) in [5, 5.41) is 14.0. The molecule has 2 aromatic rings. The van der Waals surface area contributed by atoms with Crippen LogP contribution in [0.5, 0.6) is 0 Å². The second-order valence-corrected chi connectivity index (χ2v) is 8.02. The van der Waals surface area contributed by atoms with E-state index in [0.29, 0.717) is 0 Å². The quantitative estimate of drug-likeness (QED) is 0.571. The van der Waals surface area contributed by atoms with Gasteiger partial charge in [0.2, 0.25) is 5.91 Å². The molecule has 7 heteroatoms. The minimum absolute atomic E-state index is 0.00528. The van der Waals surface area contributed by atoms with E-state index in [1.165, 1.54) is 0 Å². The van der Waals surface area contributed by atoms with E-state index in [1.807, 2.05) is 38.1 Å². The maximum atomic E-state index is 12.5. The third-order valence-corrected chi connectivity index (χ3v) is 5.52. The highest BCUT2D eigenvalue weighted by Crippen LogP contribution is 2.44. The number of ether oxygens (including phenoxy) is 1. The zero-order valence-corrected chi connectivity index (χ0v) is 17.8. The molecular weight excluding hydrogens is 396 g/mol. The van der Waals surface area contributed by atoms with Gasteiger partial charge < -0.3 is 20.5 Å². The van der Waals surface area contributed by atoms with E-state index in [-0.39, 0.29) is 43.7 Å². The summed E-state index contributed by atoms with van der Waals surface area (Å²) in [6.07, 6.45) is -0.654. The van der Waals surface area contributed by atoms with Crippen LogP contribution in [0.25, 0.3) is 11.1 Å². The van der Waals surface area contributed by atoms with Crippen LogP contribution in [-0.4, -0.2) is 42.3 Å². The van der Waals surface area contributed by atoms with Crippen molar-refractivity contribution in [3.63, 3.8) is 0 Å². The topological polar surface area (TPSA) is 105 Å². The van der Waals surface area contributed by atoms with E-state index < -0.39 is 18.1 Å². The molecule has 0 saturated heterocycles. The summed E-state index contributed by atoms with van der Waals surface area (Å²) in [5.74, 6) is -1.31. The van der Waals surface area contributed by atoms with Crippen molar-refractivity contribution in [1.82, 2.24) is 10.6 Å². The largest absolute Gasteiger partial charge is 0.481 e. The molecule has 0 spiro atoms. The number of amides is 2. The molecule has 1 aliphatic rings. The van der Waals surface area contributed by atoms with Crippen LogP contribution in [0.15, 0.2) is 48.5 Å². The molecule has 2 aromatic carbocycles. The molecule has 0 aromatic heterocycles. The molecule has 3 N–H and O–H groups in total. The van der Waals surface area contributed by atoms with Gasteiger partial charge in [-0.3, -0.25) is 9.59 Å². The Kier molecular flexibility index (Phi) is 7.28. The molecule has 1 aliphatic carbocycles. The van der Waals surface area contributed by atoms with Crippen LogP contribution in [0.3, 0.4) is 0 Å². The summed E-state index contributed by atoms with van der Waals surface area (Å²) in [7, 11) is 0. The van der Waals surface area contributed by atoms with Crippen LogP contribution < -0.4 is 10.6 Å². The molecule has 0 saturated carbocycles. The Labute approximate surface area is 181 Å². The molecule has 0 bridgehead atoms. The Morgan fingerprint density at radius 3 is 2.13 bits per heavy atom. The van der Waals surface area contributed by atoms with Crippen LogP contribution in [0.4, 0.5) is 4.79 Å². The molecule has 7 nitrogen and oxygen atoms in total. The Hall–Kier alpha value is -3.35. The monoisotopic (exact) mass is 424 g/mol. The van der Waals surface area contributed by atoms with Gasteiger partial charge in [-0.1, -0.05) is 62.4 Å². The minimum atomic E-state index is -0.975. The predicted octanol–water partition coefficient (Wildman–Crippen LogP) is 3.53. The van der Waals surface area contributed by atoms with E-state index in [0.717, 1.165) is 22.3 Å². The zero-order chi connectivity index (χ0) is 22.4. The number of alkyl carbamates (subject to hydrolysis) is 1. The summed E-state index contributed by atoms with van der Waals surface area (Å²) >= 11 is 0. The Morgan fingerprint density at radius 2 is 1.58 bits per heavy atom. The second kappa shape index (κ2) is 10.1. The van der Waals surface area contributed by atoms with Crippen molar-refractivity contribution in [2.75, 3.05) is 13.2 Å². The number of carboxylic acid groups (broad SMARTS) is 1. The third kappa shape index (κ3) is 5.63. The molecule has 0 heterocycles. The van der Waals surface area contributed by atoms with Crippen molar-refractivity contribution >= 4 is 18.0 Å². The molecule has 164 valence electrons. The first-order valence-electron chi connectivity index (χ1n) is 10.5. The standard InChI is InChI=1S/C24H28N2O5/c1-15(2)21(13-22(27)25-12-11-23(28)29)26-24(30)31-14-20-18-9-5-3-7-16(18)17-8-4-6-10-19(17)20/h3-10,15,20-21H,11-14H2,1-2H3,(H,25,27)(H,26,30)(H,28,29). The summed E-state index contributed by atoms with van der Waals surface area (Å²) in [5.41, 5.74) is 4.58. The molecule has 3 rings (SSSR count). The average molecular weight is 424 g/mol. The maximum Gasteiger partial charge on any atom is 0.407 e. The van der Waals surface area contributed by atoms with E-state index in [9.17, 15) is 14.4 Å². The zero-order valence-electron chi connectivity index (χ0n) is 17.8. The third-order valence-electron chi connectivity index (χ3n) is 5.52. The first-order valence-corrected chi connectivity index (χ1v) is 10.5. The second-order valence-electron chi connectivity index (χ2n) is 8.02. The normalized spacial score (nSPS) is 13.3. The lowest BCUT2D eigenvalue weighted by molar-refractivity contribution is -0.136. The number of carbonyl (C=O) groups excluding carboxylic acids is 2. The number of benzene rings is 2. The molecule has 2 amide bonds. The summed E-state index contributed by atoms with van der Waals surface area (Å²) in [6, 6.07) is 15.8.